The van der Waals surface area contributed by atoms with Gasteiger partial charge in [-0.1, -0.05) is 6.07 Å². The van der Waals surface area contributed by atoms with Crippen molar-refractivity contribution in [1.82, 2.24) is 4.90 Å². The summed E-state index contributed by atoms with van der Waals surface area (Å²) in [6, 6.07) is 2.82. The fourth-order valence-corrected chi connectivity index (χ4v) is 3.19. The van der Waals surface area contributed by atoms with Crippen LogP contribution >= 0.6 is 11.3 Å². The Labute approximate surface area is 116 Å². The number of ether oxygens (including phenoxy) is 1. The zero-order chi connectivity index (χ0) is 13.8. The van der Waals surface area contributed by atoms with Gasteiger partial charge in [-0.25, -0.2) is 4.79 Å². The standard InChI is InChI=1S/C13H18N2O3S/c1-2-18-13(17)11(14)12(16)15-7-3-5-9(15)10-6-4-8-19-10/h4,6,8-9,11H,2-3,5,7,14H2,1H3. The molecular formula is C13H18N2O3S. The molecule has 1 fully saturated rings. The molecule has 1 aliphatic rings. The minimum Gasteiger partial charge on any atom is -0.464 e. The van der Waals surface area contributed by atoms with Crippen LogP contribution in [0.2, 0.25) is 0 Å². The van der Waals surface area contributed by atoms with E-state index in [0.717, 1.165) is 17.7 Å². The Balaban J connectivity index is 2.07. The van der Waals surface area contributed by atoms with Crippen molar-refractivity contribution < 1.29 is 14.3 Å². The van der Waals surface area contributed by atoms with Crippen molar-refractivity contribution in [3.63, 3.8) is 0 Å². The van der Waals surface area contributed by atoms with Gasteiger partial charge in [0.25, 0.3) is 5.91 Å². The minimum absolute atomic E-state index is 0.0491. The number of carbonyl (C=O) groups is 2. The van der Waals surface area contributed by atoms with E-state index in [-0.39, 0.29) is 18.6 Å². The lowest BCUT2D eigenvalue weighted by Gasteiger charge is -2.26. The minimum atomic E-state index is -1.21. The van der Waals surface area contributed by atoms with Crippen LogP contribution in [-0.4, -0.2) is 36.0 Å². The second kappa shape index (κ2) is 6.16. The lowest BCUT2D eigenvalue weighted by molar-refractivity contribution is -0.151. The van der Waals surface area contributed by atoms with E-state index in [2.05, 4.69) is 0 Å². The SMILES string of the molecule is CCOC(=O)C(N)C(=O)N1CCCC1c1cccs1. The monoisotopic (exact) mass is 282 g/mol. The molecule has 6 heteroatoms. The third-order valence-electron chi connectivity index (χ3n) is 3.21. The van der Waals surface area contributed by atoms with Crippen molar-refractivity contribution in [2.75, 3.05) is 13.2 Å². The molecule has 0 radical (unpaired) electrons. The van der Waals surface area contributed by atoms with Gasteiger partial charge in [0.05, 0.1) is 12.6 Å². The zero-order valence-corrected chi connectivity index (χ0v) is 11.7. The van der Waals surface area contributed by atoms with E-state index in [1.165, 1.54) is 0 Å². The first-order valence-electron chi connectivity index (χ1n) is 6.41. The Kier molecular flexibility index (Phi) is 4.55. The fourth-order valence-electron chi connectivity index (χ4n) is 2.32. The number of rotatable bonds is 4. The maximum Gasteiger partial charge on any atom is 0.332 e. The molecule has 19 heavy (non-hydrogen) atoms. The Bertz CT molecular complexity index is 447. The first kappa shape index (κ1) is 14.0. The van der Waals surface area contributed by atoms with Crippen molar-refractivity contribution in [1.29, 1.82) is 0 Å². The molecule has 0 aromatic carbocycles. The van der Waals surface area contributed by atoms with E-state index in [1.54, 1.807) is 23.2 Å². The van der Waals surface area contributed by atoms with Gasteiger partial charge in [0.2, 0.25) is 0 Å². The number of thiophene rings is 1. The van der Waals surface area contributed by atoms with E-state index in [4.69, 9.17) is 10.5 Å². The molecule has 1 amide bonds. The first-order valence-corrected chi connectivity index (χ1v) is 7.29. The van der Waals surface area contributed by atoms with Gasteiger partial charge >= 0.3 is 5.97 Å². The summed E-state index contributed by atoms with van der Waals surface area (Å²) in [4.78, 5) is 26.7. The summed E-state index contributed by atoms with van der Waals surface area (Å²) in [6.45, 7) is 2.57. The number of nitrogens with two attached hydrogens (primary N) is 1. The number of hydrogen-bond donors (Lipinski definition) is 1. The predicted molar refractivity (Wildman–Crippen MR) is 72.6 cm³/mol. The summed E-state index contributed by atoms with van der Waals surface area (Å²) >= 11 is 1.62. The van der Waals surface area contributed by atoms with Crippen LogP contribution in [0.25, 0.3) is 0 Å². The summed E-state index contributed by atoms with van der Waals surface area (Å²) in [5, 5.41) is 1.99. The number of likely N-dealkylation sites (tertiary alicyclic amines) is 1. The average molecular weight is 282 g/mol. The van der Waals surface area contributed by atoms with Crippen LogP contribution in [0.15, 0.2) is 17.5 Å². The highest BCUT2D eigenvalue weighted by atomic mass is 32.1. The maximum absolute atomic E-state index is 12.3. The second-order valence-corrected chi connectivity index (χ2v) is 5.41. The number of amides is 1. The summed E-state index contributed by atoms with van der Waals surface area (Å²) < 4.78 is 4.80. The summed E-state index contributed by atoms with van der Waals surface area (Å²) in [5.74, 6) is -0.987. The molecule has 1 aromatic rings. The van der Waals surface area contributed by atoms with E-state index in [1.807, 2.05) is 17.5 Å². The van der Waals surface area contributed by atoms with Crippen LogP contribution in [0, 0.1) is 0 Å². The first-order chi connectivity index (χ1) is 9.15. The maximum atomic E-state index is 12.3. The van der Waals surface area contributed by atoms with Crippen molar-refractivity contribution in [3.8, 4) is 0 Å². The summed E-state index contributed by atoms with van der Waals surface area (Å²) in [6.07, 6.45) is 1.85. The molecule has 0 aliphatic carbocycles. The summed E-state index contributed by atoms with van der Waals surface area (Å²) in [5.41, 5.74) is 5.68. The van der Waals surface area contributed by atoms with Gasteiger partial charge in [0, 0.05) is 11.4 Å². The molecule has 1 aliphatic heterocycles. The molecule has 2 atom stereocenters. The Morgan fingerprint density at radius 1 is 1.63 bits per heavy atom. The number of nitrogens with zero attached hydrogens (tertiary/aromatic N) is 1. The quantitative estimate of drug-likeness (QED) is 0.667. The smallest absolute Gasteiger partial charge is 0.332 e. The number of carbonyl (C=O) groups excluding carboxylic acids is 2. The molecular weight excluding hydrogens is 264 g/mol. The molecule has 2 N–H and O–H groups in total. The highest BCUT2D eigenvalue weighted by Crippen LogP contribution is 2.34. The highest BCUT2D eigenvalue weighted by molar-refractivity contribution is 7.10. The van der Waals surface area contributed by atoms with Crippen LogP contribution in [0.5, 0.6) is 0 Å². The van der Waals surface area contributed by atoms with E-state index < -0.39 is 12.0 Å². The number of hydrogen-bond acceptors (Lipinski definition) is 5. The molecule has 2 unspecified atom stereocenters. The molecule has 1 aromatic heterocycles. The topological polar surface area (TPSA) is 72.6 Å². The van der Waals surface area contributed by atoms with Gasteiger partial charge in [-0.3, -0.25) is 4.79 Å². The van der Waals surface area contributed by atoms with Crippen molar-refractivity contribution >= 4 is 23.2 Å². The molecule has 2 heterocycles. The van der Waals surface area contributed by atoms with Crippen LogP contribution in [0.1, 0.15) is 30.7 Å². The van der Waals surface area contributed by atoms with Gasteiger partial charge < -0.3 is 15.4 Å². The van der Waals surface area contributed by atoms with Crippen LogP contribution < -0.4 is 5.73 Å². The molecule has 0 saturated carbocycles. The fraction of sp³-hybridized carbons (Fsp3) is 0.538. The lowest BCUT2D eigenvalue weighted by atomic mass is 10.1. The largest absolute Gasteiger partial charge is 0.464 e. The Hall–Kier alpha value is -1.40. The van der Waals surface area contributed by atoms with Gasteiger partial charge in [-0.15, -0.1) is 11.3 Å². The molecule has 5 nitrogen and oxygen atoms in total. The predicted octanol–water partition coefficient (Wildman–Crippen LogP) is 1.30. The molecule has 1 saturated heterocycles. The van der Waals surface area contributed by atoms with Crippen LogP contribution in [-0.2, 0) is 14.3 Å². The molecule has 0 bridgehead atoms. The van der Waals surface area contributed by atoms with Gasteiger partial charge in [0.1, 0.15) is 0 Å². The third-order valence-corrected chi connectivity index (χ3v) is 4.19. The zero-order valence-electron chi connectivity index (χ0n) is 10.9. The van der Waals surface area contributed by atoms with Crippen molar-refractivity contribution in [2.24, 2.45) is 5.73 Å². The second-order valence-electron chi connectivity index (χ2n) is 4.43. The highest BCUT2D eigenvalue weighted by Gasteiger charge is 2.36. The van der Waals surface area contributed by atoms with E-state index >= 15 is 0 Å². The Morgan fingerprint density at radius 2 is 2.42 bits per heavy atom. The van der Waals surface area contributed by atoms with Crippen LogP contribution in [0.4, 0.5) is 0 Å². The van der Waals surface area contributed by atoms with Gasteiger partial charge in [-0.2, -0.15) is 0 Å². The van der Waals surface area contributed by atoms with Crippen molar-refractivity contribution in [3.05, 3.63) is 22.4 Å². The Morgan fingerprint density at radius 3 is 3.05 bits per heavy atom. The van der Waals surface area contributed by atoms with E-state index in [9.17, 15) is 9.59 Å². The van der Waals surface area contributed by atoms with Gasteiger partial charge in [-0.05, 0) is 31.2 Å². The normalized spacial score (nSPS) is 20.3. The van der Waals surface area contributed by atoms with E-state index in [0.29, 0.717) is 6.54 Å². The van der Waals surface area contributed by atoms with Crippen LogP contribution in [0.3, 0.4) is 0 Å². The average Bonchev–Trinajstić information content (AvgIpc) is 3.06. The van der Waals surface area contributed by atoms with Gasteiger partial charge in [0.15, 0.2) is 6.04 Å². The molecule has 104 valence electrons. The number of esters is 1. The third kappa shape index (κ3) is 2.96. The van der Waals surface area contributed by atoms with Crippen molar-refractivity contribution in [2.45, 2.75) is 31.8 Å². The summed E-state index contributed by atoms with van der Waals surface area (Å²) in [7, 11) is 0. The lowest BCUT2D eigenvalue weighted by Crippen LogP contribution is -2.48. The molecule has 2 rings (SSSR count). The molecule has 0 spiro atoms.